The van der Waals surface area contributed by atoms with Gasteiger partial charge < -0.3 is 15.0 Å². The van der Waals surface area contributed by atoms with E-state index in [1.807, 2.05) is 6.92 Å². The Balaban J connectivity index is 2.02. The average molecular weight is 376 g/mol. The van der Waals surface area contributed by atoms with Crippen LogP contribution in [0, 0.1) is 17.5 Å². The lowest BCUT2D eigenvalue weighted by molar-refractivity contribution is 0.0883. The van der Waals surface area contributed by atoms with E-state index in [-0.39, 0.29) is 11.3 Å². The first-order valence-corrected chi connectivity index (χ1v) is 8.36. The van der Waals surface area contributed by atoms with Gasteiger partial charge in [-0.3, -0.25) is 0 Å². The molecule has 0 aliphatic carbocycles. The van der Waals surface area contributed by atoms with Crippen molar-refractivity contribution < 1.29 is 17.9 Å². The third kappa shape index (κ3) is 3.60. The predicted octanol–water partition coefficient (Wildman–Crippen LogP) is 4.28. The van der Waals surface area contributed by atoms with Crippen LogP contribution in [0.15, 0.2) is 36.4 Å². The Morgan fingerprint density at radius 3 is 2.41 bits per heavy atom. The Morgan fingerprint density at radius 2 is 1.78 bits per heavy atom. The van der Waals surface area contributed by atoms with Crippen molar-refractivity contribution in [1.82, 2.24) is 14.8 Å². The van der Waals surface area contributed by atoms with E-state index < -0.39 is 23.1 Å². The van der Waals surface area contributed by atoms with Crippen LogP contribution in [0.5, 0.6) is 5.75 Å². The summed E-state index contributed by atoms with van der Waals surface area (Å²) in [5.41, 5.74) is 5.03. The zero-order chi connectivity index (χ0) is 19.8. The number of nitrogens with zero attached hydrogens (tertiary/aromatic N) is 3. The van der Waals surface area contributed by atoms with Crippen LogP contribution in [0.1, 0.15) is 26.6 Å². The molecule has 142 valence electrons. The van der Waals surface area contributed by atoms with E-state index in [0.29, 0.717) is 23.9 Å². The fourth-order valence-corrected chi connectivity index (χ4v) is 2.84. The Labute approximate surface area is 154 Å². The van der Waals surface area contributed by atoms with E-state index in [2.05, 4.69) is 10.2 Å². The molecule has 1 heterocycles. The number of nitrogen functional groups attached to an aromatic ring is 1. The number of hydrogen-bond acceptors (Lipinski definition) is 4. The summed E-state index contributed by atoms with van der Waals surface area (Å²) in [6, 6.07) is 7.36. The first-order valence-electron chi connectivity index (χ1n) is 8.36. The van der Waals surface area contributed by atoms with Crippen LogP contribution in [0.25, 0.3) is 11.4 Å². The lowest BCUT2D eigenvalue weighted by Gasteiger charge is -2.26. The van der Waals surface area contributed by atoms with Crippen molar-refractivity contribution in [2.75, 3.05) is 5.73 Å². The second-order valence-electron chi connectivity index (χ2n) is 6.52. The summed E-state index contributed by atoms with van der Waals surface area (Å²) in [7, 11) is 0. The molecule has 3 aromatic rings. The molecule has 0 aliphatic rings. The summed E-state index contributed by atoms with van der Waals surface area (Å²) >= 11 is 0. The van der Waals surface area contributed by atoms with Gasteiger partial charge in [-0.15, -0.1) is 10.2 Å². The smallest absolute Gasteiger partial charge is 0.177 e. The number of hydrogen-bond donors (Lipinski definition) is 1. The molecule has 2 aromatic carbocycles. The third-order valence-electron chi connectivity index (χ3n) is 4.10. The minimum absolute atomic E-state index is 0.118. The quantitative estimate of drug-likeness (QED) is 0.675. The largest absolute Gasteiger partial charge is 0.477 e. The lowest BCUT2D eigenvalue weighted by atomic mass is 10.1. The Bertz CT molecular complexity index is 985. The SMILES string of the molecule is CCn1c(-c2ccc(N)cc2F)nnc1C(C)(C)Oc1ccc(F)cc1F. The van der Waals surface area contributed by atoms with Crippen LogP contribution < -0.4 is 10.5 Å². The molecule has 0 atom stereocenters. The number of rotatable bonds is 5. The van der Waals surface area contributed by atoms with Gasteiger partial charge in [-0.2, -0.15) is 0 Å². The summed E-state index contributed by atoms with van der Waals surface area (Å²) in [6.45, 7) is 5.63. The van der Waals surface area contributed by atoms with E-state index in [4.69, 9.17) is 10.5 Å². The Morgan fingerprint density at radius 1 is 1.04 bits per heavy atom. The van der Waals surface area contributed by atoms with Crippen LogP contribution in [0.4, 0.5) is 18.9 Å². The van der Waals surface area contributed by atoms with Gasteiger partial charge in [0, 0.05) is 18.3 Å². The highest BCUT2D eigenvalue weighted by Gasteiger charge is 2.32. The van der Waals surface area contributed by atoms with Gasteiger partial charge >= 0.3 is 0 Å². The molecule has 3 rings (SSSR count). The molecule has 1 aromatic heterocycles. The molecule has 0 spiro atoms. The number of benzene rings is 2. The van der Waals surface area contributed by atoms with Crippen molar-refractivity contribution in [2.24, 2.45) is 0 Å². The second kappa shape index (κ2) is 6.94. The molecule has 0 saturated heterocycles. The predicted molar refractivity (Wildman–Crippen MR) is 95.5 cm³/mol. The van der Waals surface area contributed by atoms with Gasteiger partial charge in [0.2, 0.25) is 0 Å². The minimum atomic E-state index is -1.11. The second-order valence-corrected chi connectivity index (χ2v) is 6.52. The highest BCUT2D eigenvalue weighted by atomic mass is 19.1. The Hall–Kier alpha value is -3.03. The van der Waals surface area contributed by atoms with Crippen molar-refractivity contribution in [2.45, 2.75) is 32.9 Å². The molecule has 0 unspecified atom stereocenters. The van der Waals surface area contributed by atoms with Gasteiger partial charge in [0.15, 0.2) is 28.8 Å². The maximum absolute atomic E-state index is 14.3. The number of ether oxygens (including phenoxy) is 1. The summed E-state index contributed by atoms with van der Waals surface area (Å²) in [4.78, 5) is 0. The highest BCUT2D eigenvalue weighted by molar-refractivity contribution is 5.60. The van der Waals surface area contributed by atoms with Crippen molar-refractivity contribution >= 4 is 5.69 Å². The maximum Gasteiger partial charge on any atom is 0.177 e. The monoisotopic (exact) mass is 376 g/mol. The third-order valence-corrected chi connectivity index (χ3v) is 4.10. The van der Waals surface area contributed by atoms with Crippen LogP contribution in [0.3, 0.4) is 0 Å². The highest BCUT2D eigenvalue weighted by Crippen LogP contribution is 2.32. The van der Waals surface area contributed by atoms with E-state index in [0.717, 1.165) is 12.1 Å². The van der Waals surface area contributed by atoms with Crippen molar-refractivity contribution in [3.63, 3.8) is 0 Å². The standard InChI is InChI=1S/C19H19F3N4O/c1-4-26-17(13-7-6-12(23)10-14(13)21)24-25-18(26)19(2,3)27-16-8-5-11(20)9-15(16)22/h5-10H,4,23H2,1-3H3. The van der Waals surface area contributed by atoms with Crippen molar-refractivity contribution in [3.8, 4) is 17.1 Å². The summed E-state index contributed by atoms with van der Waals surface area (Å²) in [6.07, 6.45) is 0. The van der Waals surface area contributed by atoms with E-state index >= 15 is 0 Å². The normalized spacial score (nSPS) is 11.6. The van der Waals surface area contributed by atoms with Gasteiger partial charge in [-0.05, 0) is 51.1 Å². The van der Waals surface area contributed by atoms with Gasteiger partial charge in [0.1, 0.15) is 11.6 Å². The molecule has 0 radical (unpaired) electrons. The molecular weight excluding hydrogens is 357 g/mol. The molecule has 0 aliphatic heterocycles. The van der Waals surface area contributed by atoms with Gasteiger partial charge in [0.05, 0.1) is 5.56 Å². The zero-order valence-corrected chi connectivity index (χ0v) is 15.1. The number of anilines is 1. The number of nitrogens with two attached hydrogens (primary N) is 1. The molecule has 8 heteroatoms. The van der Waals surface area contributed by atoms with Crippen LogP contribution in [0.2, 0.25) is 0 Å². The fourth-order valence-electron chi connectivity index (χ4n) is 2.84. The van der Waals surface area contributed by atoms with Crippen LogP contribution >= 0.6 is 0 Å². The summed E-state index contributed by atoms with van der Waals surface area (Å²) in [5.74, 6) is -1.48. The van der Waals surface area contributed by atoms with Crippen molar-refractivity contribution in [3.05, 3.63) is 59.7 Å². The Kier molecular flexibility index (Phi) is 4.82. The van der Waals surface area contributed by atoms with E-state index in [1.165, 1.54) is 18.2 Å². The average Bonchev–Trinajstić information content (AvgIpc) is 3.02. The van der Waals surface area contributed by atoms with Crippen LogP contribution in [-0.4, -0.2) is 14.8 Å². The summed E-state index contributed by atoms with van der Waals surface area (Å²) < 4.78 is 48.8. The molecule has 0 saturated carbocycles. The molecule has 27 heavy (non-hydrogen) atoms. The number of aromatic nitrogens is 3. The number of halogens is 3. The molecule has 0 amide bonds. The molecule has 0 fully saturated rings. The van der Waals surface area contributed by atoms with Crippen LogP contribution in [-0.2, 0) is 12.1 Å². The van der Waals surface area contributed by atoms with Gasteiger partial charge in [-0.1, -0.05) is 0 Å². The van der Waals surface area contributed by atoms with E-state index in [1.54, 1.807) is 24.5 Å². The van der Waals surface area contributed by atoms with Gasteiger partial charge in [-0.25, -0.2) is 13.2 Å². The van der Waals surface area contributed by atoms with Gasteiger partial charge in [0.25, 0.3) is 0 Å². The summed E-state index contributed by atoms with van der Waals surface area (Å²) in [5, 5.41) is 8.23. The zero-order valence-electron chi connectivity index (χ0n) is 15.1. The molecular formula is C19H19F3N4O. The fraction of sp³-hybridized carbons (Fsp3) is 0.263. The molecule has 2 N–H and O–H groups in total. The first-order chi connectivity index (χ1) is 12.7. The van der Waals surface area contributed by atoms with Crippen molar-refractivity contribution in [1.29, 1.82) is 0 Å². The lowest BCUT2D eigenvalue weighted by Crippen LogP contribution is -2.30. The topological polar surface area (TPSA) is 66.0 Å². The van der Waals surface area contributed by atoms with E-state index in [9.17, 15) is 13.2 Å². The maximum atomic E-state index is 14.3. The molecule has 5 nitrogen and oxygen atoms in total. The minimum Gasteiger partial charge on any atom is -0.477 e. The molecule has 0 bridgehead atoms. The first kappa shape index (κ1) is 18.8.